The summed E-state index contributed by atoms with van der Waals surface area (Å²) in [5.41, 5.74) is -1.65. The van der Waals surface area contributed by atoms with Crippen molar-refractivity contribution < 1.29 is 9.59 Å². The minimum absolute atomic E-state index is 0.0102. The van der Waals surface area contributed by atoms with Crippen molar-refractivity contribution in [3.8, 4) is 0 Å². The molecule has 0 aromatic heterocycles. The molecule has 2 amide bonds. The highest BCUT2D eigenvalue weighted by Gasteiger charge is 2.47. The molecule has 1 N–H and O–H groups in total. The van der Waals surface area contributed by atoms with Gasteiger partial charge in [-0.15, -0.1) is 4.91 Å². The number of hydrogen-bond acceptors (Lipinski definition) is 3. The Labute approximate surface area is 134 Å². The van der Waals surface area contributed by atoms with Gasteiger partial charge in [-0.2, -0.15) is 0 Å². The van der Waals surface area contributed by atoms with E-state index in [2.05, 4.69) is 31.3 Å². The number of hydrogen-bond donors (Lipinski definition) is 1. The molecule has 0 heterocycles. The molecule has 1 atom stereocenters. The molecule has 0 fully saturated rings. The van der Waals surface area contributed by atoms with Gasteiger partial charge in [0.15, 0.2) is 0 Å². The molecule has 0 aromatic rings. The Balaban J connectivity index is 5.40. The van der Waals surface area contributed by atoms with Crippen molar-refractivity contribution >= 4 is 11.8 Å². The van der Waals surface area contributed by atoms with Gasteiger partial charge in [-0.05, 0) is 31.1 Å². The lowest BCUT2D eigenvalue weighted by molar-refractivity contribution is -0.141. The predicted molar refractivity (Wildman–Crippen MR) is 89.3 cm³/mol. The number of carbonyl (C=O) groups is 2. The van der Waals surface area contributed by atoms with E-state index in [0.29, 0.717) is 6.42 Å². The number of nitroso groups, excluding NO2 is 1. The lowest BCUT2D eigenvalue weighted by Crippen LogP contribution is -2.55. The Kier molecular flexibility index (Phi) is 6.10. The van der Waals surface area contributed by atoms with Crippen molar-refractivity contribution in [3.05, 3.63) is 4.91 Å². The third-order valence-corrected chi connectivity index (χ3v) is 4.19. The number of nitrogens with one attached hydrogen (secondary N) is 1. The fourth-order valence-corrected chi connectivity index (χ4v) is 2.65. The molecule has 0 spiro atoms. The molecule has 0 saturated heterocycles. The number of nitrogens with zero attached hydrogens (tertiary/aromatic N) is 1. The number of amides is 2. The van der Waals surface area contributed by atoms with Crippen molar-refractivity contribution in [2.24, 2.45) is 21.4 Å². The van der Waals surface area contributed by atoms with Crippen LogP contribution in [0.3, 0.4) is 0 Å². The Hall–Kier alpha value is -1.26. The first-order valence-corrected chi connectivity index (χ1v) is 7.73. The van der Waals surface area contributed by atoms with E-state index in [1.165, 1.54) is 0 Å². The highest BCUT2D eigenvalue weighted by Crippen LogP contribution is 2.47. The molecular formula is C17H32N2O3. The maximum atomic E-state index is 12.9. The van der Waals surface area contributed by atoms with Crippen LogP contribution in [0.15, 0.2) is 5.18 Å². The Bertz CT molecular complexity index is 442. The minimum atomic E-state index is -0.799. The van der Waals surface area contributed by atoms with Gasteiger partial charge in [0.25, 0.3) is 5.91 Å². The quantitative estimate of drug-likeness (QED) is 0.778. The summed E-state index contributed by atoms with van der Waals surface area (Å²) in [6, 6.07) is 0. The van der Waals surface area contributed by atoms with Gasteiger partial charge in [-0.25, -0.2) is 0 Å². The third kappa shape index (κ3) is 5.85. The Morgan fingerprint density at radius 3 is 1.68 bits per heavy atom. The molecule has 1 unspecified atom stereocenters. The van der Waals surface area contributed by atoms with E-state index in [4.69, 9.17) is 0 Å². The van der Waals surface area contributed by atoms with Crippen molar-refractivity contribution in [3.63, 3.8) is 0 Å². The minimum Gasteiger partial charge on any atom is -0.350 e. The molecule has 0 saturated carbocycles. The smallest absolute Gasteiger partial charge is 0.288 e. The number of rotatable bonds is 5. The molecule has 0 aliphatic heterocycles. The maximum Gasteiger partial charge on any atom is 0.288 e. The van der Waals surface area contributed by atoms with Gasteiger partial charge < -0.3 is 5.32 Å². The van der Waals surface area contributed by atoms with Crippen LogP contribution in [0.2, 0.25) is 0 Å². The normalized spacial score (nSPS) is 15.9. The van der Waals surface area contributed by atoms with E-state index < -0.39 is 16.9 Å². The van der Waals surface area contributed by atoms with Gasteiger partial charge in [0.05, 0.1) is 11.8 Å². The first-order valence-electron chi connectivity index (χ1n) is 7.73. The average Bonchev–Trinajstić information content (AvgIpc) is 2.23. The van der Waals surface area contributed by atoms with Gasteiger partial charge in [-0.3, -0.25) is 9.59 Å². The second-order valence-corrected chi connectivity index (χ2v) is 9.32. The van der Waals surface area contributed by atoms with Crippen LogP contribution in [0.25, 0.3) is 0 Å². The van der Waals surface area contributed by atoms with Gasteiger partial charge in [0, 0.05) is 10.7 Å². The molecule has 128 valence electrons. The van der Waals surface area contributed by atoms with Crippen LogP contribution in [0.4, 0.5) is 0 Å². The zero-order chi connectivity index (χ0) is 18.0. The van der Waals surface area contributed by atoms with Gasteiger partial charge in [0.1, 0.15) is 0 Å². The highest BCUT2D eigenvalue weighted by molar-refractivity contribution is 5.85. The topological polar surface area (TPSA) is 75.6 Å². The van der Waals surface area contributed by atoms with Crippen molar-refractivity contribution in [2.75, 3.05) is 0 Å². The molecule has 22 heavy (non-hydrogen) atoms. The monoisotopic (exact) mass is 312 g/mol. The van der Waals surface area contributed by atoms with E-state index in [0.717, 1.165) is 0 Å². The van der Waals surface area contributed by atoms with Crippen LogP contribution in [0.5, 0.6) is 0 Å². The summed E-state index contributed by atoms with van der Waals surface area (Å²) in [5.74, 6) is -0.850. The van der Waals surface area contributed by atoms with Crippen LogP contribution < -0.4 is 5.32 Å². The highest BCUT2D eigenvalue weighted by atomic mass is 16.3. The summed E-state index contributed by atoms with van der Waals surface area (Å²) in [6.45, 7) is 17.9. The first kappa shape index (κ1) is 20.7. The second-order valence-electron chi connectivity index (χ2n) is 9.32. The SMILES string of the molecule is CC(C)(C)CC(C)(C(=O)NC(C)(C)CC(=O)N=O)C(C)(C)C. The average molecular weight is 312 g/mol. The van der Waals surface area contributed by atoms with Crippen LogP contribution in [-0.4, -0.2) is 17.4 Å². The maximum absolute atomic E-state index is 12.9. The lowest BCUT2D eigenvalue weighted by atomic mass is 9.60. The molecule has 5 heteroatoms. The summed E-state index contributed by atoms with van der Waals surface area (Å²) in [7, 11) is 0. The molecule has 0 bridgehead atoms. The van der Waals surface area contributed by atoms with Crippen LogP contribution in [0.1, 0.15) is 75.2 Å². The standard InChI is InChI=1S/C17H32N2O3/c1-14(2,3)11-17(9,15(4,5)6)13(21)18-16(7,8)10-12(20)19-22/h10-11H2,1-9H3,(H,18,21). The van der Waals surface area contributed by atoms with E-state index in [1.807, 2.05) is 27.7 Å². The number of carbonyl (C=O) groups excluding carboxylic acids is 2. The molecule has 5 nitrogen and oxygen atoms in total. The molecule has 0 rings (SSSR count). The fourth-order valence-electron chi connectivity index (χ4n) is 2.65. The van der Waals surface area contributed by atoms with Crippen molar-refractivity contribution in [2.45, 2.75) is 80.7 Å². The van der Waals surface area contributed by atoms with Crippen molar-refractivity contribution in [1.29, 1.82) is 0 Å². The van der Waals surface area contributed by atoms with E-state index in [1.54, 1.807) is 13.8 Å². The predicted octanol–water partition coefficient (Wildman–Crippen LogP) is 4.05. The molecule has 0 aliphatic carbocycles. The Morgan fingerprint density at radius 2 is 1.36 bits per heavy atom. The fraction of sp³-hybridized carbons (Fsp3) is 0.882. The van der Waals surface area contributed by atoms with Crippen LogP contribution in [-0.2, 0) is 9.59 Å². The molecule has 0 aliphatic rings. The van der Waals surface area contributed by atoms with Gasteiger partial charge in [-0.1, -0.05) is 48.5 Å². The van der Waals surface area contributed by atoms with Gasteiger partial charge in [0.2, 0.25) is 5.91 Å². The molecular weight excluding hydrogens is 280 g/mol. The lowest BCUT2D eigenvalue weighted by Gasteiger charge is -2.45. The zero-order valence-electron chi connectivity index (χ0n) is 15.6. The third-order valence-electron chi connectivity index (χ3n) is 4.19. The summed E-state index contributed by atoms with van der Waals surface area (Å²) < 4.78 is 0. The molecule has 0 radical (unpaired) electrons. The summed E-state index contributed by atoms with van der Waals surface area (Å²) in [4.78, 5) is 34.5. The van der Waals surface area contributed by atoms with Crippen LogP contribution in [0, 0.1) is 21.2 Å². The second kappa shape index (κ2) is 6.47. The largest absolute Gasteiger partial charge is 0.350 e. The van der Waals surface area contributed by atoms with Gasteiger partial charge >= 0.3 is 0 Å². The zero-order valence-corrected chi connectivity index (χ0v) is 15.6. The van der Waals surface area contributed by atoms with E-state index in [9.17, 15) is 14.5 Å². The van der Waals surface area contributed by atoms with Crippen molar-refractivity contribution in [1.82, 2.24) is 5.32 Å². The van der Waals surface area contributed by atoms with Crippen LogP contribution >= 0.6 is 0 Å². The summed E-state index contributed by atoms with van der Waals surface area (Å²) in [5, 5.41) is 5.34. The summed E-state index contributed by atoms with van der Waals surface area (Å²) in [6.07, 6.45) is 0.614. The van der Waals surface area contributed by atoms with E-state index in [-0.39, 0.29) is 23.2 Å². The first-order chi connectivity index (χ1) is 9.54. The van der Waals surface area contributed by atoms with E-state index >= 15 is 0 Å². The Morgan fingerprint density at radius 1 is 0.909 bits per heavy atom. The summed E-state index contributed by atoms with van der Waals surface area (Å²) >= 11 is 0. The molecule has 0 aromatic carbocycles.